The van der Waals surface area contributed by atoms with Crippen LogP contribution in [0.5, 0.6) is 5.75 Å². The number of aryl methyl sites for hydroxylation is 1. The molecule has 0 amide bonds. The van der Waals surface area contributed by atoms with E-state index >= 15 is 0 Å². The molecular formula is C16H14BrFO2. The van der Waals surface area contributed by atoms with Gasteiger partial charge in [0.25, 0.3) is 0 Å². The summed E-state index contributed by atoms with van der Waals surface area (Å²) in [7, 11) is 1.60. The van der Waals surface area contributed by atoms with Crippen LogP contribution in [0.1, 0.15) is 22.3 Å². The molecule has 2 rings (SSSR count). The number of benzene rings is 2. The summed E-state index contributed by atoms with van der Waals surface area (Å²) in [6.07, 6.45) is 0.831. The lowest BCUT2D eigenvalue weighted by atomic mass is 10.0. The van der Waals surface area contributed by atoms with Gasteiger partial charge in [0.1, 0.15) is 11.6 Å². The standard InChI is InChI=1S/C16H14BrFO2/c1-20-13-4-2-3-11(9-13)5-8-16(19)14-7-6-12(17)10-15(14)18/h2-4,6-7,9-10H,5,8H2,1H3. The summed E-state index contributed by atoms with van der Waals surface area (Å²) >= 11 is 3.17. The van der Waals surface area contributed by atoms with E-state index in [-0.39, 0.29) is 17.8 Å². The lowest BCUT2D eigenvalue weighted by Gasteiger charge is -2.05. The fourth-order valence-corrected chi connectivity index (χ4v) is 2.27. The van der Waals surface area contributed by atoms with Gasteiger partial charge >= 0.3 is 0 Å². The number of methoxy groups -OCH3 is 1. The Labute approximate surface area is 125 Å². The predicted octanol–water partition coefficient (Wildman–Crippen LogP) is 4.41. The van der Waals surface area contributed by atoms with Gasteiger partial charge in [-0.3, -0.25) is 4.79 Å². The summed E-state index contributed by atoms with van der Waals surface area (Å²) in [6.45, 7) is 0. The van der Waals surface area contributed by atoms with E-state index in [1.54, 1.807) is 13.2 Å². The van der Waals surface area contributed by atoms with E-state index < -0.39 is 5.82 Å². The van der Waals surface area contributed by atoms with E-state index in [1.807, 2.05) is 24.3 Å². The van der Waals surface area contributed by atoms with E-state index in [4.69, 9.17) is 4.74 Å². The molecule has 0 radical (unpaired) electrons. The summed E-state index contributed by atoms with van der Waals surface area (Å²) in [4.78, 5) is 12.0. The second-order valence-corrected chi connectivity index (χ2v) is 5.31. The Kier molecular flexibility index (Phi) is 4.90. The molecule has 0 heterocycles. The Morgan fingerprint density at radius 2 is 2.05 bits per heavy atom. The fourth-order valence-electron chi connectivity index (χ4n) is 1.94. The zero-order chi connectivity index (χ0) is 14.5. The van der Waals surface area contributed by atoms with Crippen LogP contribution in [0.3, 0.4) is 0 Å². The van der Waals surface area contributed by atoms with Gasteiger partial charge in [-0.05, 0) is 42.3 Å². The third-order valence-corrected chi connectivity index (χ3v) is 3.50. The summed E-state index contributed by atoms with van der Waals surface area (Å²) in [5, 5.41) is 0. The molecule has 0 N–H and O–H groups in total. The maximum atomic E-state index is 13.7. The maximum absolute atomic E-state index is 13.7. The highest BCUT2D eigenvalue weighted by Crippen LogP contribution is 2.18. The lowest BCUT2D eigenvalue weighted by Crippen LogP contribution is -2.04. The van der Waals surface area contributed by atoms with Crippen LogP contribution in [-0.4, -0.2) is 12.9 Å². The first kappa shape index (κ1) is 14.7. The first-order chi connectivity index (χ1) is 9.60. The van der Waals surface area contributed by atoms with Crippen LogP contribution >= 0.6 is 15.9 Å². The lowest BCUT2D eigenvalue weighted by molar-refractivity contribution is 0.0979. The second-order valence-electron chi connectivity index (χ2n) is 4.40. The molecule has 2 aromatic rings. The van der Waals surface area contributed by atoms with Crippen molar-refractivity contribution in [2.24, 2.45) is 0 Å². The molecule has 0 aliphatic rings. The highest BCUT2D eigenvalue weighted by molar-refractivity contribution is 9.10. The molecular weight excluding hydrogens is 323 g/mol. The quantitative estimate of drug-likeness (QED) is 0.756. The van der Waals surface area contributed by atoms with Gasteiger partial charge in [-0.15, -0.1) is 0 Å². The SMILES string of the molecule is COc1cccc(CCC(=O)c2ccc(Br)cc2F)c1. The van der Waals surface area contributed by atoms with Crippen molar-refractivity contribution in [2.75, 3.05) is 7.11 Å². The van der Waals surface area contributed by atoms with Crippen molar-refractivity contribution in [3.8, 4) is 5.75 Å². The molecule has 0 saturated heterocycles. The second kappa shape index (κ2) is 6.66. The zero-order valence-electron chi connectivity index (χ0n) is 11.0. The molecule has 2 aromatic carbocycles. The predicted molar refractivity (Wildman–Crippen MR) is 79.7 cm³/mol. The Bertz CT molecular complexity index is 626. The van der Waals surface area contributed by atoms with Gasteiger partial charge in [-0.1, -0.05) is 28.1 Å². The van der Waals surface area contributed by atoms with Crippen molar-refractivity contribution in [2.45, 2.75) is 12.8 Å². The Morgan fingerprint density at radius 1 is 1.25 bits per heavy atom. The fraction of sp³-hybridized carbons (Fsp3) is 0.188. The third kappa shape index (κ3) is 3.67. The minimum absolute atomic E-state index is 0.135. The number of Topliss-reactive ketones (excluding diaryl/α,β-unsaturated/α-hetero) is 1. The molecule has 20 heavy (non-hydrogen) atoms. The number of hydrogen-bond acceptors (Lipinski definition) is 2. The van der Waals surface area contributed by atoms with Crippen molar-refractivity contribution in [1.29, 1.82) is 0 Å². The summed E-state index contributed by atoms with van der Waals surface area (Å²) < 4.78 is 19.4. The number of hydrogen-bond donors (Lipinski definition) is 0. The van der Waals surface area contributed by atoms with E-state index in [1.165, 1.54) is 12.1 Å². The number of carbonyl (C=O) groups is 1. The minimum Gasteiger partial charge on any atom is -0.497 e. The summed E-state index contributed by atoms with van der Waals surface area (Å²) in [5.41, 5.74) is 1.13. The van der Waals surface area contributed by atoms with Gasteiger partial charge in [0.2, 0.25) is 0 Å². The van der Waals surface area contributed by atoms with E-state index in [0.717, 1.165) is 11.3 Å². The van der Waals surface area contributed by atoms with Crippen molar-refractivity contribution in [3.63, 3.8) is 0 Å². The van der Waals surface area contributed by atoms with Crippen molar-refractivity contribution in [1.82, 2.24) is 0 Å². The Balaban J connectivity index is 2.04. The van der Waals surface area contributed by atoms with Gasteiger partial charge in [-0.2, -0.15) is 0 Å². The molecule has 0 unspecified atom stereocenters. The Morgan fingerprint density at radius 3 is 2.75 bits per heavy atom. The van der Waals surface area contributed by atoms with Crippen LogP contribution in [0, 0.1) is 5.82 Å². The van der Waals surface area contributed by atoms with Crippen molar-refractivity contribution in [3.05, 3.63) is 63.9 Å². The first-order valence-electron chi connectivity index (χ1n) is 6.21. The monoisotopic (exact) mass is 336 g/mol. The van der Waals surface area contributed by atoms with Crippen LogP contribution in [0.15, 0.2) is 46.9 Å². The van der Waals surface area contributed by atoms with E-state index in [2.05, 4.69) is 15.9 Å². The normalized spacial score (nSPS) is 10.3. The number of rotatable bonds is 5. The highest BCUT2D eigenvalue weighted by atomic mass is 79.9. The van der Waals surface area contributed by atoms with Gasteiger partial charge in [0.15, 0.2) is 5.78 Å². The van der Waals surface area contributed by atoms with Crippen LogP contribution in [0.25, 0.3) is 0 Å². The molecule has 4 heteroatoms. The number of ether oxygens (including phenoxy) is 1. The topological polar surface area (TPSA) is 26.3 Å². The van der Waals surface area contributed by atoms with Gasteiger partial charge in [-0.25, -0.2) is 4.39 Å². The molecule has 104 valence electrons. The van der Waals surface area contributed by atoms with Gasteiger partial charge in [0.05, 0.1) is 12.7 Å². The average molecular weight is 337 g/mol. The van der Waals surface area contributed by atoms with Gasteiger partial charge < -0.3 is 4.74 Å². The van der Waals surface area contributed by atoms with Crippen molar-refractivity contribution >= 4 is 21.7 Å². The van der Waals surface area contributed by atoms with E-state index in [0.29, 0.717) is 10.9 Å². The molecule has 0 spiro atoms. The molecule has 0 aliphatic carbocycles. The van der Waals surface area contributed by atoms with Gasteiger partial charge in [0, 0.05) is 10.9 Å². The molecule has 0 fully saturated rings. The minimum atomic E-state index is -0.491. The largest absolute Gasteiger partial charge is 0.497 e. The zero-order valence-corrected chi connectivity index (χ0v) is 12.6. The highest BCUT2D eigenvalue weighted by Gasteiger charge is 2.12. The van der Waals surface area contributed by atoms with Crippen LogP contribution in [-0.2, 0) is 6.42 Å². The molecule has 0 bridgehead atoms. The molecule has 0 aliphatic heterocycles. The smallest absolute Gasteiger partial charge is 0.166 e. The van der Waals surface area contributed by atoms with Crippen LogP contribution in [0.2, 0.25) is 0 Å². The summed E-state index contributed by atoms with van der Waals surface area (Å²) in [6, 6.07) is 12.0. The molecule has 0 aromatic heterocycles. The summed E-state index contributed by atoms with van der Waals surface area (Å²) in [5.74, 6) is 0.0672. The number of halogens is 2. The number of ketones is 1. The van der Waals surface area contributed by atoms with Crippen LogP contribution in [0.4, 0.5) is 4.39 Å². The molecule has 2 nitrogen and oxygen atoms in total. The third-order valence-electron chi connectivity index (χ3n) is 3.01. The van der Waals surface area contributed by atoms with E-state index in [9.17, 15) is 9.18 Å². The average Bonchev–Trinajstić information content (AvgIpc) is 2.45. The molecule has 0 saturated carbocycles. The first-order valence-corrected chi connectivity index (χ1v) is 7.00. The molecule has 0 atom stereocenters. The maximum Gasteiger partial charge on any atom is 0.166 e. The van der Waals surface area contributed by atoms with Crippen LogP contribution < -0.4 is 4.74 Å². The van der Waals surface area contributed by atoms with Crippen molar-refractivity contribution < 1.29 is 13.9 Å². The Hall–Kier alpha value is -1.68. The number of carbonyl (C=O) groups excluding carboxylic acids is 1.